The normalized spacial score (nSPS) is 16.9. The minimum atomic E-state index is -0.915. The third kappa shape index (κ3) is 6.08. The summed E-state index contributed by atoms with van der Waals surface area (Å²) in [6.07, 6.45) is 1.50. The van der Waals surface area contributed by atoms with Crippen molar-refractivity contribution in [1.29, 1.82) is 0 Å². The Morgan fingerprint density at radius 1 is 0.882 bits per heavy atom. The lowest BCUT2D eigenvalue weighted by atomic mass is 9.56. The summed E-state index contributed by atoms with van der Waals surface area (Å²) in [6.45, 7) is 29.4. The number of rotatable bonds is 10. The standard InChI is InChI=1S/C28H53BN2O3/c1-19(17-32)28(15,22(2,3)4)20(33)30-27(13,14)26(11,12)25(9,10)21(34)31(16)24(7,8)18-23(5,6)29/h17,19H,18H2,1-16H3,(H,30,33). The monoisotopic (exact) mass is 476 g/mol. The highest BCUT2D eigenvalue weighted by Gasteiger charge is 2.57. The lowest BCUT2D eigenvalue weighted by molar-refractivity contribution is -0.159. The molecule has 2 atom stereocenters. The van der Waals surface area contributed by atoms with Crippen LogP contribution in [0.4, 0.5) is 0 Å². The number of nitrogens with one attached hydrogen (secondary N) is 1. The molecule has 0 saturated carbocycles. The van der Waals surface area contributed by atoms with Crippen LogP contribution in [0, 0.1) is 27.6 Å². The summed E-state index contributed by atoms with van der Waals surface area (Å²) in [7, 11) is 8.11. The average Bonchev–Trinajstić information content (AvgIpc) is 2.61. The fraction of sp³-hybridized carbons (Fsp3) is 0.893. The molecule has 2 amide bonds. The quantitative estimate of drug-likeness (QED) is 0.319. The number of carbonyl (C=O) groups excluding carboxylic acids is 3. The molecule has 5 nitrogen and oxygen atoms in total. The molecule has 196 valence electrons. The highest BCUT2D eigenvalue weighted by Crippen LogP contribution is 2.50. The van der Waals surface area contributed by atoms with Crippen molar-refractivity contribution < 1.29 is 14.4 Å². The van der Waals surface area contributed by atoms with E-state index >= 15 is 0 Å². The molecule has 6 heteroatoms. The minimum absolute atomic E-state index is 0.00563. The summed E-state index contributed by atoms with van der Waals surface area (Å²) in [5.74, 6) is -0.652. The molecule has 0 aromatic rings. The van der Waals surface area contributed by atoms with Gasteiger partial charge in [-0.2, -0.15) is 0 Å². The Bertz CT molecular complexity index is 770. The van der Waals surface area contributed by atoms with Gasteiger partial charge >= 0.3 is 0 Å². The first kappa shape index (κ1) is 32.7. The molecular weight excluding hydrogens is 423 g/mol. The molecule has 2 radical (unpaired) electrons. The van der Waals surface area contributed by atoms with Crippen molar-refractivity contribution in [3.63, 3.8) is 0 Å². The number of hydrogen-bond donors (Lipinski definition) is 1. The van der Waals surface area contributed by atoms with Gasteiger partial charge in [0, 0.05) is 29.5 Å². The van der Waals surface area contributed by atoms with Crippen molar-refractivity contribution in [2.24, 2.45) is 27.6 Å². The molecule has 0 saturated heterocycles. The predicted octanol–water partition coefficient (Wildman–Crippen LogP) is 5.82. The first-order valence-electron chi connectivity index (χ1n) is 12.5. The summed E-state index contributed by atoms with van der Waals surface area (Å²) in [5, 5.41) is 2.83. The summed E-state index contributed by atoms with van der Waals surface area (Å²) in [5.41, 5.74) is -4.01. The Hall–Kier alpha value is -1.33. The molecule has 0 rings (SSSR count). The van der Waals surface area contributed by atoms with Crippen molar-refractivity contribution in [3.8, 4) is 0 Å². The Morgan fingerprint density at radius 2 is 1.29 bits per heavy atom. The third-order valence-electron chi connectivity index (χ3n) is 9.33. The van der Waals surface area contributed by atoms with Crippen LogP contribution in [-0.2, 0) is 14.4 Å². The molecule has 0 aromatic heterocycles. The highest BCUT2D eigenvalue weighted by atomic mass is 16.2. The van der Waals surface area contributed by atoms with E-state index in [9.17, 15) is 14.4 Å². The molecule has 0 heterocycles. The molecule has 0 fully saturated rings. The van der Waals surface area contributed by atoms with E-state index in [4.69, 9.17) is 7.85 Å². The summed E-state index contributed by atoms with van der Waals surface area (Å²) < 4.78 is 0. The molecule has 0 aliphatic rings. The summed E-state index contributed by atoms with van der Waals surface area (Å²) in [6, 6.07) is 0. The Balaban J connectivity index is 6.26. The predicted molar refractivity (Wildman–Crippen MR) is 144 cm³/mol. The Morgan fingerprint density at radius 3 is 1.62 bits per heavy atom. The van der Waals surface area contributed by atoms with E-state index in [-0.39, 0.29) is 11.8 Å². The van der Waals surface area contributed by atoms with E-state index in [2.05, 4.69) is 5.32 Å². The second-order valence-corrected chi connectivity index (χ2v) is 14.5. The second-order valence-electron chi connectivity index (χ2n) is 14.5. The molecule has 2 unspecified atom stereocenters. The zero-order valence-corrected chi connectivity index (χ0v) is 25.1. The molecule has 0 aromatic carbocycles. The molecule has 34 heavy (non-hydrogen) atoms. The SMILES string of the molecule is [B]C(C)(C)CC(C)(C)N(C)C(=O)C(C)(C)C(C)(C)C(C)(C)NC(=O)C(C)(C(C)C=O)C(C)(C)C. The fourth-order valence-electron chi connectivity index (χ4n) is 4.91. The maximum absolute atomic E-state index is 13.9. The molecule has 0 bridgehead atoms. The molecular formula is C28H53BN2O3. The van der Waals surface area contributed by atoms with Crippen LogP contribution in [-0.4, -0.2) is 49.0 Å². The van der Waals surface area contributed by atoms with Gasteiger partial charge in [0.1, 0.15) is 6.29 Å². The minimum Gasteiger partial charge on any atom is -0.350 e. The summed E-state index contributed by atoms with van der Waals surface area (Å²) >= 11 is 0. The van der Waals surface area contributed by atoms with Crippen LogP contribution >= 0.6 is 0 Å². The van der Waals surface area contributed by atoms with Crippen LogP contribution in [0.2, 0.25) is 5.31 Å². The van der Waals surface area contributed by atoms with Crippen LogP contribution in [0.1, 0.15) is 110 Å². The Kier molecular flexibility index (Phi) is 9.24. The van der Waals surface area contributed by atoms with E-state index in [1.165, 1.54) is 0 Å². The third-order valence-corrected chi connectivity index (χ3v) is 9.33. The topological polar surface area (TPSA) is 66.5 Å². The van der Waals surface area contributed by atoms with Crippen molar-refractivity contribution in [1.82, 2.24) is 10.2 Å². The lowest BCUT2D eigenvalue weighted by Gasteiger charge is -2.55. The van der Waals surface area contributed by atoms with Gasteiger partial charge in [-0.25, -0.2) is 0 Å². The zero-order chi connectivity index (χ0) is 27.9. The average molecular weight is 477 g/mol. The first-order valence-corrected chi connectivity index (χ1v) is 12.5. The highest BCUT2D eigenvalue weighted by molar-refractivity contribution is 6.14. The number of carbonyl (C=O) groups is 3. The molecule has 0 aliphatic heterocycles. The van der Waals surface area contributed by atoms with E-state index in [1.807, 2.05) is 104 Å². The van der Waals surface area contributed by atoms with Gasteiger partial charge in [0.15, 0.2) is 0 Å². The van der Waals surface area contributed by atoms with Gasteiger partial charge in [-0.1, -0.05) is 74.6 Å². The van der Waals surface area contributed by atoms with Crippen LogP contribution in [0.25, 0.3) is 0 Å². The van der Waals surface area contributed by atoms with Crippen molar-refractivity contribution >= 4 is 25.9 Å². The van der Waals surface area contributed by atoms with Gasteiger partial charge in [0.25, 0.3) is 0 Å². The van der Waals surface area contributed by atoms with Gasteiger partial charge in [0.2, 0.25) is 11.8 Å². The smallest absolute Gasteiger partial charge is 0.229 e. The second kappa shape index (κ2) is 9.62. The van der Waals surface area contributed by atoms with Crippen molar-refractivity contribution in [2.45, 2.75) is 127 Å². The number of nitrogens with zero attached hydrogens (tertiary/aromatic N) is 1. The molecule has 0 spiro atoms. The summed E-state index contributed by atoms with van der Waals surface area (Å²) in [4.78, 5) is 41.2. The van der Waals surface area contributed by atoms with Crippen LogP contribution < -0.4 is 5.32 Å². The number of amides is 2. The van der Waals surface area contributed by atoms with E-state index in [0.717, 1.165) is 6.29 Å². The van der Waals surface area contributed by atoms with Gasteiger partial charge in [-0.3, -0.25) is 9.59 Å². The maximum Gasteiger partial charge on any atom is 0.229 e. The Labute approximate surface area is 212 Å². The van der Waals surface area contributed by atoms with Gasteiger partial charge in [-0.15, -0.1) is 0 Å². The van der Waals surface area contributed by atoms with Gasteiger partial charge < -0.3 is 15.0 Å². The van der Waals surface area contributed by atoms with Crippen molar-refractivity contribution in [3.05, 3.63) is 0 Å². The van der Waals surface area contributed by atoms with Crippen LogP contribution in [0.15, 0.2) is 0 Å². The van der Waals surface area contributed by atoms with Crippen LogP contribution in [0.5, 0.6) is 0 Å². The molecule has 0 aliphatic carbocycles. The number of aldehydes is 1. The van der Waals surface area contributed by atoms with Crippen molar-refractivity contribution in [2.75, 3.05) is 7.05 Å². The van der Waals surface area contributed by atoms with E-state index < -0.39 is 44.0 Å². The number of hydrogen-bond acceptors (Lipinski definition) is 3. The van der Waals surface area contributed by atoms with E-state index in [1.54, 1.807) is 11.8 Å². The largest absolute Gasteiger partial charge is 0.350 e. The van der Waals surface area contributed by atoms with E-state index in [0.29, 0.717) is 6.42 Å². The zero-order valence-electron chi connectivity index (χ0n) is 25.1. The fourth-order valence-corrected chi connectivity index (χ4v) is 4.91. The first-order chi connectivity index (χ1) is 14.6. The molecule has 1 N–H and O–H groups in total. The maximum atomic E-state index is 13.9. The van der Waals surface area contributed by atoms with Gasteiger partial charge in [-0.05, 0) is 46.5 Å². The van der Waals surface area contributed by atoms with Crippen LogP contribution in [0.3, 0.4) is 0 Å². The lowest BCUT2D eigenvalue weighted by Crippen LogP contribution is -2.66. The van der Waals surface area contributed by atoms with Gasteiger partial charge in [0.05, 0.1) is 18.7 Å².